The second kappa shape index (κ2) is 9.91. The number of halogens is 1. The SMILES string of the molecule is Cc1cccc(Cc2nc(CN(C)[C@@H]3CCCC[C@H]3O)nn2-c2ccc(S(N)(=O)=O)cc2F)c1. The number of primary sulfonamides is 1. The van der Waals surface area contributed by atoms with Crippen LogP contribution in [-0.2, 0) is 23.0 Å². The second-order valence-electron chi connectivity index (χ2n) is 9.01. The number of hydrogen-bond acceptors (Lipinski definition) is 6. The fraction of sp³-hybridized carbons (Fsp3) is 0.417. The first-order valence-electron chi connectivity index (χ1n) is 11.3. The van der Waals surface area contributed by atoms with Crippen molar-refractivity contribution in [3.8, 4) is 5.69 Å². The molecule has 1 saturated carbocycles. The van der Waals surface area contributed by atoms with Crippen LogP contribution < -0.4 is 5.14 Å². The molecule has 0 radical (unpaired) electrons. The summed E-state index contributed by atoms with van der Waals surface area (Å²) >= 11 is 0. The minimum atomic E-state index is -4.03. The van der Waals surface area contributed by atoms with Crippen molar-refractivity contribution in [2.75, 3.05) is 7.05 Å². The van der Waals surface area contributed by atoms with Crippen molar-refractivity contribution in [2.45, 2.75) is 62.6 Å². The van der Waals surface area contributed by atoms with E-state index in [0.717, 1.165) is 42.9 Å². The highest BCUT2D eigenvalue weighted by atomic mass is 32.2. The molecule has 10 heteroatoms. The van der Waals surface area contributed by atoms with E-state index in [9.17, 15) is 13.5 Å². The molecule has 0 spiro atoms. The number of nitrogens with two attached hydrogens (primary N) is 1. The van der Waals surface area contributed by atoms with Crippen LogP contribution in [0.5, 0.6) is 0 Å². The average Bonchev–Trinajstić information content (AvgIpc) is 3.14. The molecule has 3 aromatic rings. The first kappa shape index (κ1) is 24.5. The third kappa shape index (κ3) is 5.52. The van der Waals surface area contributed by atoms with E-state index in [4.69, 9.17) is 10.1 Å². The predicted octanol–water partition coefficient (Wildman–Crippen LogP) is 2.69. The van der Waals surface area contributed by atoms with Crippen molar-refractivity contribution in [3.63, 3.8) is 0 Å². The van der Waals surface area contributed by atoms with Gasteiger partial charge in [0.15, 0.2) is 5.82 Å². The monoisotopic (exact) mass is 487 g/mol. The van der Waals surface area contributed by atoms with Crippen LogP contribution in [0.3, 0.4) is 0 Å². The molecule has 2 atom stereocenters. The topological polar surface area (TPSA) is 114 Å². The van der Waals surface area contributed by atoms with Gasteiger partial charge in [0, 0.05) is 12.5 Å². The summed E-state index contributed by atoms with van der Waals surface area (Å²) in [5.41, 5.74) is 2.19. The van der Waals surface area contributed by atoms with Crippen molar-refractivity contribution >= 4 is 10.0 Å². The Balaban J connectivity index is 1.70. The van der Waals surface area contributed by atoms with E-state index >= 15 is 4.39 Å². The molecule has 0 aliphatic heterocycles. The van der Waals surface area contributed by atoms with Crippen LogP contribution in [0.2, 0.25) is 0 Å². The number of hydrogen-bond donors (Lipinski definition) is 2. The Hall–Kier alpha value is -2.66. The van der Waals surface area contributed by atoms with Gasteiger partial charge in [0.25, 0.3) is 0 Å². The Morgan fingerprint density at radius 1 is 1.21 bits per heavy atom. The minimum Gasteiger partial charge on any atom is -0.391 e. The van der Waals surface area contributed by atoms with Gasteiger partial charge in [0.1, 0.15) is 17.3 Å². The van der Waals surface area contributed by atoms with Gasteiger partial charge in [-0.3, -0.25) is 4.90 Å². The predicted molar refractivity (Wildman–Crippen MR) is 126 cm³/mol. The maximum atomic E-state index is 15.0. The lowest BCUT2D eigenvalue weighted by Gasteiger charge is -2.34. The van der Waals surface area contributed by atoms with Crippen LogP contribution in [0, 0.1) is 12.7 Å². The number of aliphatic hydroxyl groups is 1. The Bertz CT molecular complexity index is 1280. The van der Waals surface area contributed by atoms with Crippen molar-refractivity contribution in [1.82, 2.24) is 19.7 Å². The number of benzene rings is 2. The maximum Gasteiger partial charge on any atom is 0.238 e. The van der Waals surface area contributed by atoms with E-state index in [0.29, 0.717) is 24.6 Å². The van der Waals surface area contributed by atoms with Crippen LogP contribution in [0.1, 0.15) is 48.5 Å². The summed E-state index contributed by atoms with van der Waals surface area (Å²) in [6, 6.07) is 11.5. The standard InChI is InChI=1S/C24H30FN5O3S/c1-16-6-5-7-17(12-16)13-24-27-23(15-29(2)21-8-3-4-9-22(21)31)28-30(24)20-11-10-18(14-19(20)25)34(26,32)33/h5-7,10-12,14,21-22,31H,3-4,8-9,13,15H2,1-2H3,(H2,26,32,33)/t21-,22-/m1/s1. The number of aliphatic hydroxyl groups excluding tert-OH is 1. The van der Waals surface area contributed by atoms with Crippen molar-refractivity contribution in [1.29, 1.82) is 0 Å². The molecule has 182 valence electrons. The van der Waals surface area contributed by atoms with Gasteiger partial charge < -0.3 is 5.11 Å². The third-order valence-corrected chi connectivity index (χ3v) is 7.20. The van der Waals surface area contributed by atoms with Crippen molar-refractivity contribution in [2.24, 2.45) is 5.14 Å². The molecule has 0 bridgehead atoms. The summed E-state index contributed by atoms with van der Waals surface area (Å²) in [5, 5.41) is 20.1. The van der Waals surface area contributed by atoms with Crippen LogP contribution in [0.15, 0.2) is 47.4 Å². The molecule has 0 saturated heterocycles. The molecule has 4 rings (SSSR count). The van der Waals surface area contributed by atoms with Crippen LogP contribution in [0.4, 0.5) is 4.39 Å². The summed E-state index contributed by atoms with van der Waals surface area (Å²) in [5.74, 6) is 0.267. The Kier molecular flexibility index (Phi) is 7.13. The molecule has 0 unspecified atom stereocenters. The van der Waals surface area contributed by atoms with Crippen molar-refractivity contribution < 1.29 is 17.9 Å². The maximum absolute atomic E-state index is 15.0. The fourth-order valence-corrected chi connectivity index (χ4v) is 5.08. The highest BCUT2D eigenvalue weighted by molar-refractivity contribution is 7.89. The number of likely N-dealkylation sites (N-methyl/N-ethyl adjacent to an activating group) is 1. The van der Waals surface area contributed by atoms with E-state index in [2.05, 4.69) is 5.10 Å². The molecule has 1 heterocycles. The number of nitrogens with zero attached hydrogens (tertiary/aromatic N) is 4. The highest BCUT2D eigenvalue weighted by Gasteiger charge is 2.28. The molecular formula is C24H30FN5O3S. The first-order chi connectivity index (χ1) is 16.1. The van der Waals surface area contributed by atoms with Gasteiger partial charge >= 0.3 is 0 Å². The van der Waals surface area contributed by atoms with Crippen molar-refractivity contribution in [3.05, 3.63) is 71.1 Å². The zero-order valence-corrected chi connectivity index (χ0v) is 20.2. The number of aromatic nitrogens is 3. The lowest BCUT2D eigenvalue weighted by Crippen LogP contribution is -2.43. The highest BCUT2D eigenvalue weighted by Crippen LogP contribution is 2.24. The molecule has 34 heavy (non-hydrogen) atoms. The van der Waals surface area contributed by atoms with Crippen LogP contribution in [0.25, 0.3) is 5.69 Å². The quantitative estimate of drug-likeness (QED) is 0.530. The Morgan fingerprint density at radius 2 is 1.97 bits per heavy atom. The molecule has 2 aromatic carbocycles. The third-order valence-electron chi connectivity index (χ3n) is 6.29. The lowest BCUT2D eigenvalue weighted by atomic mass is 9.91. The minimum absolute atomic E-state index is 0.0201. The molecule has 8 nitrogen and oxygen atoms in total. The summed E-state index contributed by atoms with van der Waals surface area (Å²) in [4.78, 5) is 6.44. The smallest absolute Gasteiger partial charge is 0.238 e. The van der Waals surface area contributed by atoms with Crippen LogP contribution in [-0.4, -0.2) is 52.4 Å². The molecule has 1 aliphatic rings. The average molecular weight is 488 g/mol. The van der Waals surface area contributed by atoms with Gasteiger partial charge in [0.2, 0.25) is 10.0 Å². The second-order valence-corrected chi connectivity index (χ2v) is 10.6. The van der Waals surface area contributed by atoms with Gasteiger partial charge in [-0.15, -0.1) is 5.10 Å². The number of sulfonamides is 1. The van der Waals surface area contributed by atoms with E-state index in [1.165, 1.54) is 16.8 Å². The van der Waals surface area contributed by atoms with E-state index < -0.39 is 21.9 Å². The largest absolute Gasteiger partial charge is 0.391 e. The molecule has 1 aromatic heterocycles. The molecule has 3 N–H and O–H groups in total. The van der Waals surface area contributed by atoms with Crippen LogP contribution >= 0.6 is 0 Å². The van der Waals surface area contributed by atoms with Gasteiger partial charge in [-0.25, -0.2) is 27.6 Å². The number of rotatable bonds is 7. The fourth-order valence-electron chi connectivity index (χ4n) is 4.55. The van der Waals surface area contributed by atoms with Gasteiger partial charge in [-0.05, 0) is 50.6 Å². The molecule has 1 fully saturated rings. The van der Waals surface area contributed by atoms with E-state index in [1.807, 2.05) is 43.1 Å². The van der Waals surface area contributed by atoms with E-state index in [1.54, 1.807) is 0 Å². The van der Waals surface area contributed by atoms with Gasteiger partial charge in [0.05, 0.1) is 17.5 Å². The lowest BCUT2D eigenvalue weighted by molar-refractivity contribution is 0.0278. The van der Waals surface area contributed by atoms with E-state index in [-0.39, 0.29) is 16.6 Å². The molecule has 0 amide bonds. The van der Waals surface area contributed by atoms with Gasteiger partial charge in [-0.2, -0.15) is 0 Å². The summed E-state index contributed by atoms with van der Waals surface area (Å²) in [7, 11) is -2.10. The van der Waals surface area contributed by atoms with Gasteiger partial charge in [-0.1, -0.05) is 42.7 Å². The molecule has 1 aliphatic carbocycles. The Labute approximate surface area is 199 Å². The summed E-state index contributed by atoms with van der Waals surface area (Å²) in [6.07, 6.45) is 3.78. The summed E-state index contributed by atoms with van der Waals surface area (Å²) in [6.45, 7) is 2.39. The molecular weight excluding hydrogens is 457 g/mol. The summed E-state index contributed by atoms with van der Waals surface area (Å²) < 4.78 is 39.7. The first-order valence-corrected chi connectivity index (χ1v) is 12.9. The number of aryl methyl sites for hydroxylation is 1. The zero-order chi connectivity index (χ0) is 24.5. The normalized spacial score (nSPS) is 19.0. The Morgan fingerprint density at radius 3 is 2.65 bits per heavy atom. The zero-order valence-electron chi connectivity index (χ0n) is 19.4.